The Morgan fingerprint density at radius 2 is 1.55 bits per heavy atom. The summed E-state index contributed by atoms with van der Waals surface area (Å²) in [5.41, 5.74) is -3.09. The van der Waals surface area contributed by atoms with E-state index in [-0.39, 0.29) is 6.42 Å². The Hall–Kier alpha value is -0.520. The second kappa shape index (κ2) is 11.9. The fourth-order valence-corrected chi connectivity index (χ4v) is 7.39. The minimum Gasteiger partial charge on any atom is -0.394 e. The lowest BCUT2D eigenvalue weighted by molar-refractivity contribution is -0.333. The number of aliphatic hydroxyl groups is 9. The lowest BCUT2D eigenvalue weighted by Gasteiger charge is -2.61. The van der Waals surface area contributed by atoms with Crippen molar-refractivity contribution < 1.29 is 64.9 Å². The molecular weight excluding hydrogens is 532 g/mol. The zero-order chi connectivity index (χ0) is 29.8. The molecule has 0 amide bonds. The fourth-order valence-electron chi connectivity index (χ4n) is 7.39. The lowest BCUT2D eigenvalue weighted by atomic mass is 9.50. The highest BCUT2D eigenvalue weighted by atomic mass is 16.7. The smallest absolute Gasteiger partial charge is 0.186 e. The van der Waals surface area contributed by atoms with Crippen LogP contribution in [0.1, 0.15) is 59.8 Å². The van der Waals surface area contributed by atoms with Crippen LogP contribution in [0.25, 0.3) is 0 Å². The Balaban J connectivity index is 1.51. The van der Waals surface area contributed by atoms with Crippen LogP contribution in [0.15, 0.2) is 0 Å². The first-order valence-electron chi connectivity index (χ1n) is 14.2. The van der Waals surface area contributed by atoms with E-state index in [1.807, 2.05) is 6.92 Å². The Bertz CT molecular complexity index is 849. The molecule has 4 rings (SSSR count). The summed E-state index contributed by atoms with van der Waals surface area (Å²) in [5, 5.41) is 94.5. The van der Waals surface area contributed by atoms with Crippen LogP contribution >= 0.6 is 0 Å². The van der Waals surface area contributed by atoms with E-state index >= 15 is 0 Å². The third-order valence-electron chi connectivity index (χ3n) is 9.81. The maximum atomic E-state index is 11.5. The summed E-state index contributed by atoms with van der Waals surface area (Å²) < 4.78 is 23.3. The van der Waals surface area contributed by atoms with Crippen molar-refractivity contribution in [3.05, 3.63) is 0 Å². The van der Waals surface area contributed by atoms with Crippen molar-refractivity contribution in [2.75, 3.05) is 13.2 Å². The largest absolute Gasteiger partial charge is 0.394 e. The van der Waals surface area contributed by atoms with Gasteiger partial charge in [-0.15, -0.1) is 0 Å². The SMILES string of the molecule is CC(C)(O)[C@@H]1CC[C@]2(C)[C@@H](O)CC[C@@](C)(O)[C@H]2[C@@H]1O[C@H]1C[C@@H](O)[C@H](O)[C@@H](CO[C@@H]2O[C@H](CO)[C@@H](O)[C@H](O)[C@H]2O)O1. The lowest BCUT2D eigenvalue weighted by Crippen LogP contribution is -2.66. The average molecular weight is 581 g/mol. The molecule has 2 saturated carbocycles. The van der Waals surface area contributed by atoms with E-state index in [4.69, 9.17) is 18.9 Å². The van der Waals surface area contributed by atoms with Gasteiger partial charge in [0.15, 0.2) is 12.6 Å². The number of fused-ring (bicyclic) bond motifs is 1. The predicted molar refractivity (Wildman–Crippen MR) is 136 cm³/mol. The molecule has 0 radical (unpaired) electrons. The van der Waals surface area contributed by atoms with Crippen LogP contribution < -0.4 is 0 Å². The van der Waals surface area contributed by atoms with Gasteiger partial charge in [0.1, 0.15) is 36.6 Å². The Morgan fingerprint density at radius 3 is 2.17 bits per heavy atom. The van der Waals surface area contributed by atoms with Crippen molar-refractivity contribution in [2.45, 2.75) is 139 Å². The molecule has 40 heavy (non-hydrogen) atoms. The molecule has 2 heterocycles. The van der Waals surface area contributed by atoms with Gasteiger partial charge in [-0.25, -0.2) is 0 Å². The molecule has 2 aliphatic heterocycles. The number of rotatable bonds is 7. The van der Waals surface area contributed by atoms with Gasteiger partial charge in [-0.1, -0.05) is 6.92 Å². The number of hydrogen-bond donors (Lipinski definition) is 9. The molecule has 0 aromatic heterocycles. The fraction of sp³-hybridized carbons (Fsp3) is 1.00. The van der Waals surface area contributed by atoms with Gasteiger partial charge in [-0.3, -0.25) is 0 Å². The standard InChI is InChI=1S/C27H48O13/c1-25(2,35)12-5-7-26(3)16(30)6-8-27(4,36)23(26)22(12)40-17-9-13(29)18(31)15(38-17)11-37-24-21(34)20(33)19(32)14(10-28)39-24/h12-24,28-36H,5-11H2,1-4H3/t12-,13-,14-,15-,16+,17+,18+,19-,20+,21-,22-,23+,24-,26-,27-/m1/s1. The quantitative estimate of drug-likeness (QED) is 0.155. The van der Waals surface area contributed by atoms with Crippen LogP contribution in [-0.2, 0) is 18.9 Å². The van der Waals surface area contributed by atoms with Gasteiger partial charge in [0, 0.05) is 23.7 Å². The molecule has 13 nitrogen and oxygen atoms in total. The molecule has 0 aromatic rings. The maximum absolute atomic E-state index is 11.5. The van der Waals surface area contributed by atoms with Crippen molar-refractivity contribution in [1.29, 1.82) is 0 Å². The molecular formula is C27H48O13. The van der Waals surface area contributed by atoms with Crippen molar-refractivity contribution in [2.24, 2.45) is 17.3 Å². The predicted octanol–water partition coefficient (Wildman–Crippen LogP) is -2.27. The Kier molecular flexibility index (Phi) is 9.61. The van der Waals surface area contributed by atoms with Gasteiger partial charge in [0.05, 0.1) is 42.7 Å². The second-order valence-corrected chi connectivity index (χ2v) is 13.2. The maximum Gasteiger partial charge on any atom is 0.186 e. The Morgan fingerprint density at radius 1 is 0.875 bits per heavy atom. The number of aliphatic hydroxyl groups excluding tert-OH is 7. The molecule has 0 spiro atoms. The van der Waals surface area contributed by atoms with E-state index in [1.165, 1.54) is 0 Å². The molecule has 4 aliphatic rings. The first-order valence-corrected chi connectivity index (χ1v) is 14.2. The summed E-state index contributed by atoms with van der Waals surface area (Å²) in [6.45, 7) is 5.93. The van der Waals surface area contributed by atoms with E-state index < -0.39 is 109 Å². The minimum atomic E-state index is -1.65. The van der Waals surface area contributed by atoms with E-state index in [9.17, 15) is 46.0 Å². The number of ether oxygens (including phenoxy) is 4. The third-order valence-corrected chi connectivity index (χ3v) is 9.81. The number of hydrogen-bond acceptors (Lipinski definition) is 13. The normalized spacial score (nSPS) is 52.3. The summed E-state index contributed by atoms with van der Waals surface area (Å²) in [5.74, 6) is -0.996. The first kappa shape index (κ1) is 32.4. The van der Waals surface area contributed by atoms with Gasteiger partial charge in [-0.2, -0.15) is 0 Å². The minimum absolute atomic E-state index is 0.110. The van der Waals surface area contributed by atoms with Crippen LogP contribution in [0.3, 0.4) is 0 Å². The summed E-state index contributed by atoms with van der Waals surface area (Å²) in [6, 6.07) is 0. The molecule has 0 aromatic carbocycles. The van der Waals surface area contributed by atoms with Gasteiger partial charge < -0.3 is 64.9 Å². The van der Waals surface area contributed by atoms with E-state index in [2.05, 4.69) is 0 Å². The van der Waals surface area contributed by atoms with E-state index in [0.29, 0.717) is 25.7 Å². The van der Waals surface area contributed by atoms with Crippen molar-refractivity contribution in [3.63, 3.8) is 0 Å². The third kappa shape index (κ3) is 6.09. The zero-order valence-electron chi connectivity index (χ0n) is 23.6. The molecule has 4 fully saturated rings. The van der Waals surface area contributed by atoms with Gasteiger partial charge >= 0.3 is 0 Å². The highest BCUT2D eigenvalue weighted by molar-refractivity contribution is 5.11. The molecule has 15 atom stereocenters. The summed E-state index contributed by atoms with van der Waals surface area (Å²) in [4.78, 5) is 0. The molecule has 9 N–H and O–H groups in total. The topological polar surface area (TPSA) is 219 Å². The summed E-state index contributed by atoms with van der Waals surface area (Å²) >= 11 is 0. The highest BCUT2D eigenvalue weighted by Crippen LogP contribution is 2.58. The van der Waals surface area contributed by atoms with Crippen LogP contribution in [-0.4, -0.2) is 138 Å². The van der Waals surface area contributed by atoms with Gasteiger partial charge in [0.25, 0.3) is 0 Å². The monoisotopic (exact) mass is 580 g/mol. The van der Waals surface area contributed by atoms with Crippen LogP contribution in [0.4, 0.5) is 0 Å². The average Bonchev–Trinajstić information content (AvgIpc) is 2.86. The molecule has 234 valence electrons. The summed E-state index contributed by atoms with van der Waals surface area (Å²) in [6.07, 6.45) is -12.1. The van der Waals surface area contributed by atoms with Crippen LogP contribution in [0, 0.1) is 17.3 Å². The van der Waals surface area contributed by atoms with Crippen molar-refractivity contribution in [1.82, 2.24) is 0 Å². The molecule has 2 aliphatic carbocycles. The van der Waals surface area contributed by atoms with E-state index in [1.54, 1.807) is 20.8 Å². The Labute approximate surface area is 234 Å². The van der Waals surface area contributed by atoms with Gasteiger partial charge in [-0.05, 0) is 46.5 Å². The van der Waals surface area contributed by atoms with Crippen molar-refractivity contribution in [3.8, 4) is 0 Å². The molecule has 0 bridgehead atoms. The van der Waals surface area contributed by atoms with Crippen molar-refractivity contribution >= 4 is 0 Å². The van der Waals surface area contributed by atoms with E-state index in [0.717, 1.165) is 0 Å². The highest BCUT2D eigenvalue weighted by Gasteiger charge is 2.62. The zero-order valence-corrected chi connectivity index (χ0v) is 23.6. The van der Waals surface area contributed by atoms with Crippen LogP contribution in [0.2, 0.25) is 0 Å². The molecule has 0 unspecified atom stereocenters. The first-order chi connectivity index (χ1) is 18.5. The molecule has 13 heteroatoms. The van der Waals surface area contributed by atoms with Crippen LogP contribution in [0.5, 0.6) is 0 Å². The summed E-state index contributed by atoms with van der Waals surface area (Å²) in [7, 11) is 0. The molecule has 2 saturated heterocycles. The second-order valence-electron chi connectivity index (χ2n) is 13.2. The van der Waals surface area contributed by atoms with Gasteiger partial charge in [0.2, 0.25) is 0 Å².